The van der Waals surface area contributed by atoms with Crippen molar-refractivity contribution in [2.24, 2.45) is 0 Å². The third-order valence-electron chi connectivity index (χ3n) is 5.79. The van der Waals surface area contributed by atoms with Gasteiger partial charge in [0, 0.05) is 18.1 Å². The summed E-state index contributed by atoms with van der Waals surface area (Å²) in [5, 5.41) is 3.11. The summed E-state index contributed by atoms with van der Waals surface area (Å²) in [5.74, 6) is -0.882. The van der Waals surface area contributed by atoms with Gasteiger partial charge in [0.05, 0.1) is 15.6 Å². The molecule has 0 fully saturated rings. The van der Waals surface area contributed by atoms with Crippen molar-refractivity contribution in [3.8, 4) is 0 Å². The number of amides is 2. The predicted molar refractivity (Wildman–Crippen MR) is 147 cm³/mol. The Labute approximate surface area is 228 Å². The molecule has 37 heavy (non-hydrogen) atoms. The molecule has 0 bridgehead atoms. The van der Waals surface area contributed by atoms with Crippen molar-refractivity contribution in [1.82, 2.24) is 10.2 Å². The van der Waals surface area contributed by atoms with Gasteiger partial charge < -0.3 is 10.2 Å². The fourth-order valence-corrected chi connectivity index (χ4v) is 5.68. The minimum atomic E-state index is -4.20. The van der Waals surface area contributed by atoms with Gasteiger partial charge in [-0.15, -0.1) is 0 Å². The van der Waals surface area contributed by atoms with Gasteiger partial charge in [-0.2, -0.15) is 0 Å². The maximum atomic E-state index is 13.7. The first-order valence-corrected chi connectivity index (χ1v) is 14.0. The van der Waals surface area contributed by atoms with E-state index in [1.165, 1.54) is 35.2 Å². The van der Waals surface area contributed by atoms with Crippen molar-refractivity contribution in [2.45, 2.75) is 31.2 Å². The van der Waals surface area contributed by atoms with Crippen LogP contribution in [-0.4, -0.2) is 50.8 Å². The highest BCUT2D eigenvalue weighted by Crippen LogP contribution is 2.33. The van der Waals surface area contributed by atoms with Crippen LogP contribution in [0.3, 0.4) is 0 Å². The summed E-state index contributed by atoms with van der Waals surface area (Å²) >= 11 is 12.6. The van der Waals surface area contributed by atoms with Gasteiger partial charge in [-0.25, -0.2) is 8.42 Å². The van der Waals surface area contributed by atoms with Gasteiger partial charge in [-0.05, 0) is 56.2 Å². The summed E-state index contributed by atoms with van der Waals surface area (Å²) in [6.45, 7) is 3.45. The van der Waals surface area contributed by atoms with Gasteiger partial charge in [0.1, 0.15) is 12.6 Å². The molecule has 0 saturated carbocycles. The number of halogens is 2. The zero-order valence-electron chi connectivity index (χ0n) is 20.6. The normalized spacial score (nSPS) is 12.0. The SMILES string of the molecule is CCNC(=O)[C@H](C)N(CCc1ccccc1)C(=O)CN(c1cc(Cl)ccc1Cl)S(=O)(=O)c1ccccc1. The Morgan fingerprint density at radius 3 is 2.19 bits per heavy atom. The molecule has 3 aromatic carbocycles. The lowest BCUT2D eigenvalue weighted by atomic mass is 10.1. The Kier molecular flexibility index (Phi) is 9.97. The van der Waals surface area contributed by atoms with Crippen molar-refractivity contribution < 1.29 is 18.0 Å². The molecule has 0 radical (unpaired) electrons. The molecular weight excluding hydrogens is 533 g/mol. The van der Waals surface area contributed by atoms with Gasteiger partial charge in [0.15, 0.2) is 0 Å². The highest BCUT2D eigenvalue weighted by Gasteiger charge is 2.33. The Morgan fingerprint density at radius 2 is 1.57 bits per heavy atom. The Hall–Kier alpha value is -3.07. The van der Waals surface area contributed by atoms with Crippen LogP contribution in [0.2, 0.25) is 10.0 Å². The van der Waals surface area contributed by atoms with E-state index in [1.54, 1.807) is 32.0 Å². The molecule has 10 heteroatoms. The van der Waals surface area contributed by atoms with Crippen LogP contribution in [-0.2, 0) is 26.0 Å². The first-order chi connectivity index (χ1) is 17.6. The smallest absolute Gasteiger partial charge is 0.264 e. The largest absolute Gasteiger partial charge is 0.355 e. The number of hydrogen-bond acceptors (Lipinski definition) is 4. The van der Waals surface area contributed by atoms with Gasteiger partial charge in [-0.1, -0.05) is 71.7 Å². The molecule has 2 amide bonds. The number of carbonyl (C=O) groups is 2. The van der Waals surface area contributed by atoms with Crippen LogP contribution in [0.1, 0.15) is 19.4 Å². The third kappa shape index (κ3) is 7.25. The molecule has 1 atom stereocenters. The van der Waals surface area contributed by atoms with E-state index in [0.29, 0.717) is 13.0 Å². The quantitative estimate of drug-likeness (QED) is 0.364. The second-order valence-electron chi connectivity index (χ2n) is 8.31. The summed E-state index contributed by atoms with van der Waals surface area (Å²) < 4.78 is 28.4. The lowest BCUT2D eigenvalue weighted by Gasteiger charge is -2.32. The van der Waals surface area contributed by atoms with E-state index >= 15 is 0 Å². The number of sulfonamides is 1. The predicted octanol–water partition coefficient (Wildman–Crippen LogP) is 4.78. The van der Waals surface area contributed by atoms with Gasteiger partial charge in [-0.3, -0.25) is 13.9 Å². The number of rotatable bonds is 11. The molecule has 0 saturated heterocycles. The third-order valence-corrected chi connectivity index (χ3v) is 8.12. The van der Waals surface area contributed by atoms with Crippen molar-refractivity contribution in [1.29, 1.82) is 0 Å². The number of hydrogen-bond donors (Lipinski definition) is 1. The molecule has 0 heterocycles. The first kappa shape index (κ1) is 28.5. The summed E-state index contributed by atoms with van der Waals surface area (Å²) in [6, 6.07) is 20.9. The van der Waals surface area contributed by atoms with E-state index in [4.69, 9.17) is 23.2 Å². The summed E-state index contributed by atoms with van der Waals surface area (Å²) in [7, 11) is -4.20. The summed E-state index contributed by atoms with van der Waals surface area (Å²) in [6.07, 6.45) is 0.486. The minimum absolute atomic E-state index is 0.00791. The summed E-state index contributed by atoms with van der Waals surface area (Å²) in [4.78, 5) is 27.8. The highest BCUT2D eigenvalue weighted by atomic mass is 35.5. The van der Waals surface area contributed by atoms with Gasteiger partial charge in [0.2, 0.25) is 11.8 Å². The second kappa shape index (κ2) is 12.9. The Morgan fingerprint density at radius 1 is 0.946 bits per heavy atom. The van der Waals surface area contributed by atoms with Crippen LogP contribution in [0.4, 0.5) is 5.69 Å². The van der Waals surface area contributed by atoms with Gasteiger partial charge >= 0.3 is 0 Å². The monoisotopic (exact) mass is 561 g/mol. The molecule has 3 aromatic rings. The highest BCUT2D eigenvalue weighted by molar-refractivity contribution is 7.92. The fraction of sp³-hybridized carbons (Fsp3) is 0.259. The molecule has 196 valence electrons. The van der Waals surface area contributed by atoms with Crippen LogP contribution >= 0.6 is 23.2 Å². The van der Waals surface area contributed by atoms with Crippen molar-refractivity contribution in [3.05, 3.63) is 94.5 Å². The zero-order valence-corrected chi connectivity index (χ0v) is 22.9. The van der Waals surface area contributed by atoms with E-state index in [9.17, 15) is 18.0 Å². The maximum Gasteiger partial charge on any atom is 0.264 e. The first-order valence-electron chi connectivity index (χ1n) is 11.8. The average Bonchev–Trinajstić information content (AvgIpc) is 2.90. The van der Waals surface area contributed by atoms with E-state index in [1.807, 2.05) is 30.3 Å². The molecule has 0 unspecified atom stereocenters. The molecule has 0 aliphatic carbocycles. The van der Waals surface area contributed by atoms with E-state index < -0.39 is 28.5 Å². The maximum absolute atomic E-state index is 13.7. The number of benzene rings is 3. The van der Waals surface area contributed by atoms with E-state index in [-0.39, 0.29) is 33.1 Å². The molecule has 0 spiro atoms. The standard InChI is InChI=1S/C27H29Cl2N3O4S/c1-3-30-27(34)20(2)31(17-16-21-10-6-4-7-11-21)26(33)19-32(25-18-22(28)14-15-24(25)29)37(35,36)23-12-8-5-9-13-23/h4-15,18,20H,3,16-17,19H2,1-2H3,(H,30,34)/t20-/m0/s1. The Bertz CT molecular complexity index is 1320. The van der Waals surface area contributed by atoms with Crippen LogP contribution in [0.5, 0.6) is 0 Å². The fourth-order valence-electron chi connectivity index (χ4n) is 3.80. The van der Waals surface area contributed by atoms with Gasteiger partial charge in [0.25, 0.3) is 10.0 Å². The molecule has 0 aromatic heterocycles. The van der Waals surface area contributed by atoms with Crippen LogP contribution < -0.4 is 9.62 Å². The van der Waals surface area contributed by atoms with Crippen LogP contribution in [0, 0.1) is 0 Å². The minimum Gasteiger partial charge on any atom is -0.355 e. The number of nitrogens with zero attached hydrogens (tertiary/aromatic N) is 2. The number of nitrogens with one attached hydrogen (secondary N) is 1. The molecular formula is C27H29Cl2N3O4S. The second-order valence-corrected chi connectivity index (χ2v) is 11.0. The number of carbonyl (C=O) groups excluding carboxylic acids is 2. The van der Waals surface area contributed by atoms with Crippen molar-refractivity contribution in [3.63, 3.8) is 0 Å². The van der Waals surface area contributed by atoms with Crippen LogP contribution in [0.15, 0.2) is 83.8 Å². The zero-order chi connectivity index (χ0) is 27.0. The summed E-state index contributed by atoms with van der Waals surface area (Å²) in [5.41, 5.74) is 1.05. The molecule has 7 nitrogen and oxygen atoms in total. The molecule has 0 aliphatic rings. The molecule has 0 aliphatic heterocycles. The van der Waals surface area contributed by atoms with Crippen LogP contribution in [0.25, 0.3) is 0 Å². The number of likely N-dealkylation sites (N-methyl/N-ethyl adjacent to an activating group) is 1. The Balaban J connectivity index is 2.00. The van der Waals surface area contributed by atoms with E-state index in [0.717, 1.165) is 9.87 Å². The lowest BCUT2D eigenvalue weighted by molar-refractivity contribution is -0.138. The topological polar surface area (TPSA) is 86.8 Å². The molecule has 1 N–H and O–H groups in total. The van der Waals surface area contributed by atoms with Crippen molar-refractivity contribution in [2.75, 3.05) is 23.9 Å². The number of anilines is 1. The van der Waals surface area contributed by atoms with E-state index in [2.05, 4.69) is 5.32 Å². The average molecular weight is 563 g/mol. The lowest BCUT2D eigenvalue weighted by Crippen LogP contribution is -2.52. The molecule has 3 rings (SSSR count). The van der Waals surface area contributed by atoms with Crippen molar-refractivity contribution >= 4 is 50.7 Å².